The van der Waals surface area contributed by atoms with E-state index in [0.29, 0.717) is 82.3 Å². The first kappa shape index (κ1) is 43.8. The molecule has 2 amide bonds. The van der Waals surface area contributed by atoms with Gasteiger partial charge in [0.15, 0.2) is 11.6 Å². The third-order valence-electron chi connectivity index (χ3n) is 10.3. The number of hydrogen-bond acceptors (Lipinski definition) is 15. The van der Waals surface area contributed by atoms with E-state index >= 15 is 0 Å². The van der Waals surface area contributed by atoms with Crippen LogP contribution in [0.15, 0.2) is 72.8 Å². The number of morpholine rings is 2. The van der Waals surface area contributed by atoms with Crippen LogP contribution in [0.4, 0.5) is 23.5 Å². The molecule has 0 bridgehead atoms. The molecule has 0 atom stereocenters. The van der Waals surface area contributed by atoms with Crippen molar-refractivity contribution in [1.82, 2.24) is 40.5 Å². The van der Waals surface area contributed by atoms with Crippen LogP contribution in [0.25, 0.3) is 33.3 Å². The highest BCUT2D eigenvalue weighted by molar-refractivity contribution is 6.45. The molecule has 2 saturated heterocycles. The highest BCUT2D eigenvalue weighted by atomic mass is 35.5. The third-order valence-corrected chi connectivity index (χ3v) is 10.5. The van der Waals surface area contributed by atoms with E-state index in [0.717, 1.165) is 82.2 Å². The van der Waals surface area contributed by atoms with Crippen LogP contribution in [-0.4, -0.2) is 124 Å². The van der Waals surface area contributed by atoms with Gasteiger partial charge in [0.25, 0.3) is 11.8 Å². The van der Waals surface area contributed by atoms with Crippen molar-refractivity contribution < 1.29 is 29.6 Å². The number of carbonyl (C=O) groups is 2. The topological polar surface area (TPSA) is 264 Å². The Bertz CT molecular complexity index is 2500. The molecule has 62 heavy (non-hydrogen) atoms. The molecule has 0 unspecified atom stereocenters. The Balaban J connectivity index is 0.000000150. The SMILES string of the molecule is Nc1nc(N2CCOCC2)c2nc(-c3ccc(C(=O)NC4CC4)cc3)ccc2n1.Nc1nc(N2CCOCC2)c2nc(Cl)ccc2n1.O.O=C(NC1CC1)c1ccc([B]O)cc1. The van der Waals surface area contributed by atoms with E-state index in [1.54, 1.807) is 36.4 Å². The molecule has 2 saturated carbocycles. The number of amides is 2. The van der Waals surface area contributed by atoms with E-state index in [9.17, 15) is 9.59 Å². The van der Waals surface area contributed by atoms with Gasteiger partial charge in [0.1, 0.15) is 16.2 Å². The van der Waals surface area contributed by atoms with E-state index < -0.39 is 0 Å². The molecule has 321 valence electrons. The number of ether oxygens (including phenoxy) is 2. The molecule has 6 aromatic rings. The molecule has 10 rings (SSSR count). The van der Waals surface area contributed by atoms with Gasteiger partial charge in [0, 0.05) is 55.0 Å². The number of halogens is 1. The average molecular weight is 862 g/mol. The lowest BCUT2D eigenvalue weighted by atomic mass is 9.88. The van der Waals surface area contributed by atoms with Crippen molar-refractivity contribution in [2.24, 2.45) is 0 Å². The maximum atomic E-state index is 12.2. The van der Waals surface area contributed by atoms with Crippen molar-refractivity contribution in [3.8, 4) is 11.3 Å². The minimum atomic E-state index is -0.0306. The lowest BCUT2D eigenvalue weighted by molar-refractivity contribution is 0.0942. The fourth-order valence-corrected chi connectivity index (χ4v) is 6.81. The molecule has 0 spiro atoms. The Kier molecular flexibility index (Phi) is 14.2. The van der Waals surface area contributed by atoms with Crippen molar-refractivity contribution >= 4 is 82.0 Å². The zero-order valence-corrected chi connectivity index (χ0v) is 34.6. The second-order valence-corrected chi connectivity index (χ2v) is 15.3. The van der Waals surface area contributed by atoms with Crippen molar-refractivity contribution in [2.45, 2.75) is 37.8 Å². The Morgan fingerprint density at radius 3 is 1.55 bits per heavy atom. The minimum Gasteiger partial charge on any atom is -0.450 e. The second-order valence-electron chi connectivity index (χ2n) is 14.9. The number of nitrogen functional groups attached to an aromatic ring is 2. The van der Waals surface area contributed by atoms with E-state index in [1.165, 1.54) is 0 Å². The van der Waals surface area contributed by atoms with E-state index in [-0.39, 0.29) is 29.2 Å². The Morgan fingerprint density at radius 2 is 1.08 bits per heavy atom. The number of hydrogen-bond donors (Lipinski definition) is 5. The monoisotopic (exact) mass is 861 g/mol. The molecule has 1 radical (unpaired) electrons. The van der Waals surface area contributed by atoms with Crippen molar-refractivity contribution in [3.05, 3.63) is 89.1 Å². The van der Waals surface area contributed by atoms with Gasteiger partial charge in [-0.1, -0.05) is 41.3 Å². The standard InChI is InChI=1S/C21H22N6O2.C11H12ClN5O.C10H11BNO2.H2O/c22-21-25-17-8-7-16(24-18(17)19(26-21)27-9-11-29-12-10-27)13-1-3-14(4-2-13)20(28)23-15-5-6-15;12-8-2-1-7-9(15-8)10(16-11(13)14-7)17-3-5-18-6-4-17;13-10(12-9-5-6-9)7-1-3-8(11-14)4-2-7;/h1-4,7-8,15H,5-6,9-12H2,(H,23,28)(H2,22,25,26);1-2H,3-6H2,(H2,13,14,16);1-4,9,14H,5-6H2,(H,12,13);1H2. The van der Waals surface area contributed by atoms with Crippen molar-refractivity contribution in [1.29, 1.82) is 0 Å². The summed E-state index contributed by atoms with van der Waals surface area (Å²) in [5.74, 6) is 1.88. The number of aromatic nitrogens is 6. The number of nitrogens with zero attached hydrogens (tertiary/aromatic N) is 8. The molecular weight excluding hydrogens is 815 g/mol. The molecule has 6 heterocycles. The number of benzene rings is 2. The first-order valence-corrected chi connectivity index (χ1v) is 20.6. The summed E-state index contributed by atoms with van der Waals surface area (Å²) in [7, 11) is 1.02. The smallest absolute Gasteiger partial charge is 0.326 e. The number of nitrogens with one attached hydrogen (secondary N) is 2. The predicted octanol–water partition coefficient (Wildman–Crippen LogP) is 2.09. The van der Waals surface area contributed by atoms with Gasteiger partial charge in [-0.25, -0.2) is 19.9 Å². The van der Waals surface area contributed by atoms with Gasteiger partial charge in [0.05, 0.1) is 43.2 Å². The summed E-state index contributed by atoms with van der Waals surface area (Å²) in [5, 5.41) is 15.0. The molecule has 18 nitrogen and oxygen atoms in total. The fourth-order valence-electron chi connectivity index (χ4n) is 6.67. The summed E-state index contributed by atoms with van der Waals surface area (Å²) in [6.07, 6.45) is 4.33. The largest absolute Gasteiger partial charge is 0.450 e. The van der Waals surface area contributed by atoms with Gasteiger partial charge in [-0.2, -0.15) is 9.97 Å². The maximum Gasteiger partial charge on any atom is 0.326 e. The maximum absolute atomic E-state index is 12.2. The zero-order valence-electron chi connectivity index (χ0n) is 33.8. The van der Waals surface area contributed by atoms with E-state index in [1.807, 2.05) is 36.4 Å². The normalized spacial score (nSPS) is 15.9. The van der Waals surface area contributed by atoms with Crippen LogP contribution >= 0.6 is 11.6 Å². The molecule has 9 N–H and O–H groups in total. The van der Waals surface area contributed by atoms with Crippen molar-refractivity contribution in [2.75, 3.05) is 73.9 Å². The molecule has 2 aromatic carbocycles. The molecule has 20 heteroatoms. The number of fused-ring (bicyclic) bond motifs is 2. The average Bonchev–Trinajstić information content (AvgIpc) is 4.25. The summed E-state index contributed by atoms with van der Waals surface area (Å²) in [6.45, 7) is 5.65. The van der Waals surface area contributed by atoms with Gasteiger partial charge in [-0.05, 0) is 74.2 Å². The van der Waals surface area contributed by atoms with Gasteiger partial charge in [-0.3, -0.25) is 9.59 Å². The van der Waals surface area contributed by atoms with Gasteiger partial charge in [0.2, 0.25) is 11.9 Å². The fraction of sp³-hybridized carbons (Fsp3) is 0.333. The van der Waals surface area contributed by atoms with Crippen LogP contribution in [0.2, 0.25) is 5.15 Å². The first-order valence-electron chi connectivity index (χ1n) is 20.2. The minimum absolute atomic E-state index is 0. The Labute approximate surface area is 363 Å². The molecule has 2 aliphatic carbocycles. The summed E-state index contributed by atoms with van der Waals surface area (Å²) in [5.41, 5.74) is 18.2. The van der Waals surface area contributed by atoms with Crippen molar-refractivity contribution in [3.63, 3.8) is 0 Å². The van der Waals surface area contributed by atoms with Crippen LogP contribution in [0, 0.1) is 0 Å². The van der Waals surface area contributed by atoms with E-state index in [2.05, 4.69) is 45.4 Å². The highest BCUT2D eigenvalue weighted by Crippen LogP contribution is 2.29. The second kappa shape index (κ2) is 20.1. The molecule has 2 aliphatic heterocycles. The van der Waals surface area contributed by atoms with Crippen LogP contribution in [0.3, 0.4) is 0 Å². The molecule has 4 aromatic heterocycles. The summed E-state index contributed by atoms with van der Waals surface area (Å²) in [6, 6.07) is 22.4. The molecule has 4 fully saturated rings. The summed E-state index contributed by atoms with van der Waals surface area (Å²) in [4.78, 5) is 54.3. The number of rotatable bonds is 8. The Morgan fingerprint density at radius 1 is 0.629 bits per heavy atom. The van der Waals surface area contributed by atoms with E-state index in [4.69, 9.17) is 42.6 Å². The van der Waals surface area contributed by atoms with Crippen LogP contribution in [-0.2, 0) is 9.47 Å². The molecular formula is C42H47BClN12O6. The predicted molar refractivity (Wildman–Crippen MR) is 239 cm³/mol. The summed E-state index contributed by atoms with van der Waals surface area (Å²) < 4.78 is 10.8. The quantitative estimate of drug-likeness (QED) is 0.108. The van der Waals surface area contributed by atoms with Crippen LogP contribution in [0.5, 0.6) is 0 Å². The summed E-state index contributed by atoms with van der Waals surface area (Å²) >= 11 is 5.93. The third kappa shape index (κ3) is 11.2. The lowest BCUT2D eigenvalue weighted by Crippen LogP contribution is -2.37. The lowest BCUT2D eigenvalue weighted by Gasteiger charge is -2.28. The Hall–Kier alpha value is -6.25. The first-order chi connectivity index (χ1) is 29.7. The number of pyridine rings is 2. The van der Waals surface area contributed by atoms with Gasteiger partial charge < -0.3 is 51.9 Å². The zero-order chi connectivity index (χ0) is 42.3. The number of anilines is 4. The van der Waals surface area contributed by atoms with Crippen LogP contribution in [0.1, 0.15) is 46.4 Å². The number of nitrogens with two attached hydrogens (primary N) is 2. The molecule has 4 aliphatic rings. The van der Waals surface area contributed by atoms with Gasteiger partial charge in [-0.15, -0.1) is 0 Å². The van der Waals surface area contributed by atoms with Gasteiger partial charge >= 0.3 is 7.48 Å². The highest BCUT2D eigenvalue weighted by Gasteiger charge is 2.25. The van der Waals surface area contributed by atoms with Crippen LogP contribution < -0.4 is 37.4 Å². The number of carbonyl (C=O) groups excluding carboxylic acids is 2.